The van der Waals surface area contributed by atoms with Gasteiger partial charge in [0.2, 0.25) is 0 Å². The molecule has 0 fully saturated rings. The van der Waals surface area contributed by atoms with Crippen LogP contribution in [-0.4, -0.2) is 12.6 Å². The molecular formula is C11H8F4O2. The average molecular weight is 248 g/mol. The Morgan fingerprint density at radius 2 is 1.76 bits per heavy atom. The lowest BCUT2D eigenvalue weighted by Crippen LogP contribution is -2.00. The van der Waals surface area contributed by atoms with E-state index in [-0.39, 0.29) is 12.7 Å². The van der Waals surface area contributed by atoms with Crippen LogP contribution in [0.3, 0.4) is 0 Å². The molecule has 6 heteroatoms. The maximum absolute atomic E-state index is 13.1. The van der Waals surface area contributed by atoms with Crippen molar-refractivity contribution in [3.63, 3.8) is 0 Å². The van der Waals surface area contributed by atoms with Gasteiger partial charge in [0.05, 0.1) is 5.56 Å². The van der Waals surface area contributed by atoms with E-state index in [9.17, 15) is 22.4 Å². The van der Waals surface area contributed by atoms with Gasteiger partial charge in [-0.1, -0.05) is 0 Å². The van der Waals surface area contributed by atoms with E-state index in [0.29, 0.717) is 0 Å². The van der Waals surface area contributed by atoms with E-state index >= 15 is 0 Å². The summed E-state index contributed by atoms with van der Waals surface area (Å²) in [4.78, 5) is 10.4. The molecule has 0 heterocycles. The smallest absolute Gasteiger partial charge is 0.302 e. The van der Waals surface area contributed by atoms with Crippen molar-refractivity contribution in [2.75, 3.05) is 6.61 Å². The van der Waals surface area contributed by atoms with Crippen molar-refractivity contribution in [2.24, 2.45) is 0 Å². The summed E-state index contributed by atoms with van der Waals surface area (Å²) in [5.74, 6) is -6.56. The summed E-state index contributed by atoms with van der Waals surface area (Å²) in [7, 11) is 0. The number of esters is 1. The largest absolute Gasteiger partial charge is 0.462 e. The number of carbonyl (C=O) groups is 1. The maximum atomic E-state index is 13.1. The molecule has 0 spiro atoms. The zero-order chi connectivity index (χ0) is 13.0. The Morgan fingerprint density at radius 3 is 2.24 bits per heavy atom. The molecule has 0 atom stereocenters. The molecule has 0 unspecified atom stereocenters. The van der Waals surface area contributed by atoms with Gasteiger partial charge >= 0.3 is 5.97 Å². The first-order valence-corrected chi connectivity index (χ1v) is 4.56. The topological polar surface area (TPSA) is 26.3 Å². The molecule has 0 aliphatic carbocycles. The van der Waals surface area contributed by atoms with Crippen LogP contribution in [0.5, 0.6) is 0 Å². The van der Waals surface area contributed by atoms with Crippen LogP contribution >= 0.6 is 0 Å². The monoisotopic (exact) mass is 248 g/mol. The number of carbonyl (C=O) groups excluding carboxylic acids is 1. The Bertz CT molecular complexity index is 443. The Kier molecular flexibility index (Phi) is 4.25. The molecule has 0 saturated carbocycles. The Labute approximate surface area is 94.5 Å². The summed E-state index contributed by atoms with van der Waals surface area (Å²) in [5, 5.41) is 0. The second-order valence-corrected chi connectivity index (χ2v) is 3.09. The second kappa shape index (κ2) is 5.47. The average Bonchev–Trinajstić information content (AvgIpc) is 2.25. The minimum atomic E-state index is -1.50. The fraction of sp³-hybridized carbons (Fsp3) is 0.182. The van der Waals surface area contributed by atoms with Gasteiger partial charge in [0, 0.05) is 13.0 Å². The summed E-state index contributed by atoms with van der Waals surface area (Å²) in [6.07, 6.45) is 1.88. The van der Waals surface area contributed by atoms with E-state index in [1.54, 1.807) is 0 Å². The van der Waals surface area contributed by atoms with Gasteiger partial charge in [-0.05, 0) is 12.2 Å². The second-order valence-electron chi connectivity index (χ2n) is 3.09. The summed E-state index contributed by atoms with van der Waals surface area (Å²) < 4.78 is 56.1. The molecule has 0 aromatic heterocycles. The summed E-state index contributed by atoms with van der Waals surface area (Å²) in [5.41, 5.74) is -0.852. The van der Waals surface area contributed by atoms with Gasteiger partial charge in [0.25, 0.3) is 0 Å². The molecule has 0 bridgehead atoms. The van der Waals surface area contributed by atoms with Crippen molar-refractivity contribution in [3.05, 3.63) is 41.0 Å². The maximum Gasteiger partial charge on any atom is 0.302 e. The highest BCUT2D eigenvalue weighted by molar-refractivity contribution is 5.66. The minimum absolute atomic E-state index is 0.119. The predicted octanol–water partition coefficient (Wildman–Crippen LogP) is 2.82. The number of benzene rings is 1. The van der Waals surface area contributed by atoms with Crippen LogP contribution in [0.2, 0.25) is 0 Å². The third kappa shape index (κ3) is 3.30. The number of hydrogen-bond acceptors (Lipinski definition) is 2. The number of rotatable bonds is 3. The van der Waals surface area contributed by atoms with Crippen molar-refractivity contribution in [3.8, 4) is 0 Å². The molecular weight excluding hydrogens is 240 g/mol. The number of ether oxygens (including phenoxy) is 1. The van der Waals surface area contributed by atoms with Crippen LogP contribution in [0.1, 0.15) is 12.5 Å². The Hall–Kier alpha value is -1.85. The number of hydrogen-bond donors (Lipinski definition) is 0. The Balaban J connectivity index is 2.94. The van der Waals surface area contributed by atoms with E-state index in [1.807, 2.05) is 0 Å². The van der Waals surface area contributed by atoms with E-state index in [0.717, 1.165) is 19.1 Å². The van der Waals surface area contributed by atoms with E-state index in [1.165, 1.54) is 0 Å². The van der Waals surface area contributed by atoms with Crippen LogP contribution in [0.15, 0.2) is 12.1 Å². The summed E-state index contributed by atoms with van der Waals surface area (Å²) in [6.45, 7) is 0.906. The van der Waals surface area contributed by atoms with Gasteiger partial charge in [-0.15, -0.1) is 0 Å². The number of halogens is 4. The quantitative estimate of drug-likeness (QED) is 0.467. The van der Waals surface area contributed by atoms with Gasteiger partial charge in [-0.3, -0.25) is 4.79 Å². The molecule has 2 nitrogen and oxygen atoms in total. The first kappa shape index (κ1) is 13.2. The summed E-state index contributed by atoms with van der Waals surface area (Å²) in [6, 6.07) is 0.119. The summed E-state index contributed by atoms with van der Waals surface area (Å²) >= 11 is 0. The lowest BCUT2D eigenvalue weighted by molar-refractivity contribution is -0.139. The fourth-order valence-electron chi connectivity index (χ4n) is 1.07. The van der Waals surface area contributed by atoms with Crippen LogP contribution in [0, 0.1) is 23.3 Å². The normalized spacial score (nSPS) is 10.9. The minimum Gasteiger partial charge on any atom is -0.462 e. The molecule has 92 valence electrons. The lowest BCUT2D eigenvalue weighted by Gasteiger charge is -2.02. The van der Waals surface area contributed by atoms with Gasteiger partial charge in [-0.2, -0.15) is 0 Å². The molecule has 17 heavy (non-hydrogen) atoms. The standard InChI is InChI=1S/C11H8F4O2/c1-6(16)17-4-2-3-7-10(14)8(12)5-9(13)11(7)15/h2-3,5H,4H2,1H3/b3-2-. The van der Waals surface area contributed by atoms with Crippen molar-refractivity contribution in [1.82, 2.24) is 0 Å². The zero-order valence-corrected chi connectivity index (χ0v) is 8.77. The van der Waals surface area contributed by atoms with Crippen LogP contribution in [-0.2, 0) is 9.53 Å². The van der Waals surface area contributed by atoms with E-state index in [4.69, 9.17) is 0 Å². The van der Waals surface area contributed by atoms with Crippen molar-refractivity contribution < 1.29 is 27.1 Å². The van der Waals surface area contributed by atoms with Crippen LogP contribution in [0.25, 0.3) is 6.08 Å². The van der Waals surface area contributed by atoms with Gasteiger partial charge < -0.3 is 4.74 Å². The van der Waals surface area contributed by atoms with Gasteiger partial charge in [0.1, 0.15) is 6.61 Å². The highest BCUT2D eigenvalue weighted by atomic mass is 19.2. The van der Waals surface area contributed by atoms with Crippen molar-refractivity contribution >= 4 is 12.0 Å². The molecule has 0 saturated heterocycles. The molecule has 0 N–H and O–H groups in total. The molecule has 0 amide bonds. The molecule has 0 aliphatic heterocycles. The lowest BCUT2D eigenvalue weighted by atomic mass is 10.1. The zero-order valence-electron chi connectivity index (χ0n) is 8.77. The molecule has 1 rings (SSSR count). The SMILES string of the molecule is CC(=O)OC/C=C\c1c(F)c(F)cc(F)c1F. The first-order valence-electron chi connectivity index (χ1n) is 4.56. The third-order valence-corrected chi connectivity index (χ3v) is 1.81. The van der Waals surface area contributed by atoms with Crippen molar-refractivity contribution in [1.29, 1.82) is 0 Å². The highest BCUT2D eigenvalue weighted by Gasteiger charge is 2.16. The third-order valence-electron chi connectivity index (χ3n) is 1.81. The van der Waals surface area contributed by atoms with Gasteiger partial charge in [0.15, 0.2) is 23.3 Å². The first-order chi connectivity index (χ1) is 7.93. The molecule has 1 aromatic carbocycles. The van der Waals surface area contributed by atoms with E-state index in [2.05, 4.69) is 4.74 Å². The predicted molar refractivity (Wildman–Crippen MR) is 51.9 cm³/mol. The molecule has 0 aliphatic rings. The highest BCUT2D eigenvalue weighted by Crippen LogP contribution is 2.20. The Morgan fingerprint density at radius 1 is 1.24 bits per heavy atom. The van der Waals surface area contributed by atoms with Gasteiger partial charge in [-0.25, -0.2) is 17.6 Å². The molecule has 0 radical (unpaired) electrons. The van der Waals surface area contributed by atoms with Crippen LogP contribution < -0.4 is 0 Å². The van der Waals surface area contributed by atoms with E-state index < -0.39 is 34.8 Å². The van der Waals surface area contributed by atoms with Crippen LogP contribution in [0.4, 0.5) is 17.6 Å². The molecule has 1 aromatic rings. The fourth-order valence-corrected chi connectivity index (χ4v) is 1.07. The van der Waals surface area contributed by atoms with Crippen molar-refractivity contribution in [2.45, 2.75) is 6.92 Å².